The number of aromatic nitrogens is 1. The summed E-state index contributed by atoms with van der Waals surface area (Å²) in [6.45, 7) is 0. The molecule has 0 bridgehead atoms. The molecule has 1 aromatic heterocycles. The Morgan fingerprint density at radius 2 is 2.00 bits per heavy atom. The number of alkyl halides is 3. The molecule has 1 heterocycles. The molecule has 0 aromatic carbocycles. The van der Waals surface area contributed by atoms with E-state index in [9.17, 15) is 28.1 Å². The molecule has 0 N–H and O–H groups in total. The zero-order valence-electron chi connectivity index (χ0n) is 10.1. The Bertz CT molecular complexity index is 545. The highest BCUT2D eigenvalue weighted by molar-refractivity contribution is 5.96. The van der Waals surface area contributed by atoms with Gasteiger partial charge in [-0.2, -0.15) is 0 Å². The van der Waals surface area contributed by atoms with Crippen molar-refractivity contribution < 1.29 is 37.1 Å². The van der Waals surface area contributed by atoms with Crippen molar-refractivity contribution in [3.05, 3.63) is 21.9 Å². The van der Waals surface area contributed by atoms with Gasteiger partial charge >= 0.3 is 18.1 Å². The summed E-state index contributed by atoms with van der Waals surface area (Å²) < 4.78 is 49.0. The number of ether oxygens (including phenoxy) is 3. The van der Waals surface area contributed by atoms with E-state index in [1.165, 1.54) is 0 Å². The minimum absolute atomic E-state index is 0.389. The summed E-state index contributed by atoms with van der Waals surface area (Å²) in [6, 6.07) is 0. The number of esters is 1. The summed E-state index contributed by atoms with van der Waals surface area (Å²) in [4.78, 5) is 24.3. The quantitative estimate of drug-likeness (QED) is 0.473. The van der Waals surface area contributed by atoms with Crippen LogP contribution >= 0.6 is 0 Å². The van der Waals surface area contributed by atoms with Crippen LogP contribution in [0.4, 0.5) is 19.0 Å². The van der Waals surface area contributed by atoms with Gasteiger partial charge in [-0.1, -0.05) is 0 Å². The largest absolute Gasteiger partial charge is 0.573 e. The second-order valence-electron chi connectivity index (χ2n) is 3.15. The Morgan fingerprint density at radius 3 is 2.40 bits per heavy atom. The van der Waals surface area contributed by atoms with Crippen molar-refractivity contribution >= 4 is 11.8 Å². The lowest BCUT2D eigenvalue weighted by atomic mass is 10.2. The van der Waals surface area contributed by atoms with Crippen LogP contribution in [-0.4, -0.2) is 36.5 Å². The summed E-state index contributed by atoms with van der Waals surface area (Å²) in [7, 11) is 1.80. The molecule has 0 atom stereocenters. The Balaban J connectivity index is 3.53. The maximum absolute atomic E-state index is 12.2. The highest BCUT2D eigenvalue weighted by Gasteiger charge is 2.38. The number of rotatable bonds is 4. The average molecular weight is 296 g/mol. The summed E-state index contributed by atoms with van der Waals surface area (Å²) in [5.41, 5.74) is -0.881. The van der Waals surface area contributed by atoms with Gasteiger partial charge in [0.2, 0.25) is 5.75 Å². The molecule has 20 heavy (non-hydrogen) atoms. The number of carbonyl (C=O) groups excluding carboxylic acids is 1. The summed E-state index contributed by atoms with van der Waals surface area (Å²) >= 11 is 0. The molecule has 0 amide bonds. The molecule has 0 aliphatic carbocycles. The molecule has 0 aliphatic heterocycles. The predicted molar refractivity (Wildman–Crippen MR) is 55.5 cm³/mol. The van der Waals surface area contributed by atoms with E-state index in [0.29, 0.717) is 6.20 Å². The summed E-state index contributed by atoms with van der Waals surface area (Å²) in [5.74, 6) is -4.09. The Hall–Kier alpha value is -2.59. The Kier molecular flexibility index (Phi) is 4.32. The van der Waals surface area contributed by atoms with Crippen molar-refractivity contribution in [1.29, 1.82) is 0 Å². The number of nitro groups is 1. The highest BCUT2D eigenvalue weighted by Crippen LogP contribution is 2.37. The molecule has 110 valence electrons. The number of carbonyl (C=O) groups is 1. The van der Waals surface area contributed by atoms with E-state index in [4.69, 9.17) is 0 Å². The molecule has 0 saturated heterocycles. The molecule has 0 saturated carbocycles. The second kappa shape index (κ2) is 5.59. The van der Waals surface area contributed by atoms with Gasteiger partial charge in [0, 0.05) is 0 Å². The topological polar surface area (TPSA) is 101 Å². The zero-order chi connectivity index (χ0) is 15.5. The first-order valence-corrected chi connectivity index (χ1v) is 4.76. The number of hydrogen-bond acceptors (Lipinski definition) is 7. The van der Waals surface area contributed by atoms with Crippen molar-refractivity contribution in [1.82, 2.24) is 4.98 Å². The van der Waals surface area contributed by atoms with E-state index in [2.05, 4.69) is 19.2 Å². The third kappa shape index (κ3) is 3.24. The van der Waals surface area contributed by atoms with Crippen LogP contribution in [0.25, 0.3) is 0 Å². The van der Waals surface area contributed by atoms with Crippen molar-refractivity contribution in [3.63, 3.8) is 0 Å². The number of halogens is 3. The van der Waals surface area contributed by atoms with Gasteiger partial charge in [0.05, 0.1) is 14.2 Å². The first-order valence-electron chi connectivity index (χ1n) is 4.76. The fourth-order valence-electron chi connectivity index (χ4n) is 1.29. The number of nitrogens with zero attached hydrogens (tertiary/aromatic N) is 2. The molecule has 1 aromatic rings. The van der Waals surface area contributed by atoms with Crippen LogP contribution in [0.2, 0.25) is 0 Å². The van der Waals surface area contributed by atoms with Crippen LogP contribution in [0.3, 0.4) is 0 Å². The van der Waals surface area contributed by atoms with Crippen LogP contribution in [0.1, 0.15) is 10.4 Å². The van der Waals surface area contributed by atoms with E-state index < -0.39 is 40.1 Å². The molecule has 8 nitrogen and oxygen atoms in total. The molecule has 11 heteroatoms. The van der Waals surface area contributed by atoms with Gasteiger partial charge < -0.3 is 24.3 Å². The van der Waals surface area contributed by atoms with Crippen LogP contribution < -0.4 is 9.47 Å². The van der Waals surface area contributed by atoms with Crippen molar-refractivity contribution in [2.75, 3.05) is 14.2 Å². The monoisotopic (exact) mass is 296 g/mol. The normalized spacial score (nSPS) is 10.8. The summed E-state index contributed by atoms with van der Waals surface area (Å²) in [5, 5.41) is 10.7. The van der Waals surface area contributed by atoms with E-state index in [1.807, 2.05) is 0 Å². The standard InChI is InChI=1S/C9H7F3N2O6/c1-18-6-5(8(15)19-2)4(20-9(10,11)12)3-13-7(6)14(16)17/h3H,1-2H3. The van der Waals surface area contributed by atoms with Crippen molar-refractivity contribution in [2.24, 2.45) is 0 Å². The molecule has 0 fully saturated rings. The Labute approximate surface area is 109 Å². The van der Waals surface area contributed by atoms with E-state index in [1.54, 1.807) is 0 Å². The van der Waals surface area contributed by atoms with Gasteiger partial charge in [0.15, 0.2) is 17.5 Å². The zero-order valence-corrected chi connectivity index (χ0v) is 10.1. The third-order valence-electron chi connectivity index (χ3n) is 1.97. The number of pyridine rings is 1. The predicted octanol–water partition coefficient (Wildman–Crippen LogP) is 1.68. The lowest BCUT2D eigenvalue weighted by Gasteiger charge is -2.13. The molecular formula is C9H7F3N2O6. The number of methoxy groups -OCH3 is 2. The van der Waals surface area contributed by atoms with E-state index >= 15 is 0 Å². The maximum atomic E-state index is 12.2. The fourth-order valence-corrected chi connectivity index (χ4v) is 1.29. The van der Waals surface area contributed by atoms with Crippen LogP contribution in [0.5, 0.6) is 11.5 Å². The molecule has 0 aliphatic rings. The SMILES string of the molecule is COC(=O)c1c(OC(F)(F)F)cnc([N+](=O)[O-])c1OC. The molecule has 0 unspecified atom stereocenters. The van der Waals surface area contributed by atoms with Crippen molar-refractivity contribution in [3.8, 4) is 11.5 Å². The van der Waals surface area contributed by atoms with Crippen LogP contribution in [0, 0.1) is 10.1 Å². The van der Waals surface area contributed by atoms with Gasteiger partial charge in [0.1, 0.15) is 0 Å². The lowest BCUT2D eigenvalue weighted by Crippen LogP contribution is -2.20. The third-order valence-corrected chi connectivity index (χ3v) is 1.97. The van der Waals surface area contributed by atoms with Gasteiger partial charge in [-0.15, -0.1) is 13.2 Å². The van der Waals surface area contributed by atoms with Crippen LogP contribution in [-0.2, 0) is 4.74 Å². The first-order chi connectivity index (χ1) is 9.21. The highest BCUT2D eigenvalue weighted by atomic mass is 19.4. The van der Waals surface area contributed by atoms with Crippen LogP contribution in [0.15, 0.2) is 6.20 Å². The van der Waals surface area contributed by atoms with Gasteiger partial charge in [-0.3, -0.25) is 0 Å². The smallest absolute Gasteiger partial charge is 0.488 e. The average Bonchev–Trinajstić information content (AvgIpc) is 2.34. The lowest BCUT2D eigenvalue weighted by molar-refractivity contribution is -0.390. The van der Waals surface area contributed by atoms with Crippen molar-refractivity contribution in [2.45, 2.75) is 6.36 Å². The van der Waals surface area contributed by atoms with E-state index in [-0.39, 0.29) is 0 Å². The van der Waals surface area contributed by atoms with Gasteiger partial charge in [-0.05, 0) is 9.91 Å². The van der Waals surface area contributed by atoms with Gasteiger partial charge in [-0.25, -0.2) is 4.79 Å². The first kappa shape index (κ1) is 15.5. The Morgan fingerprint density at radius 1 is 1.40 bits per heavy atom. The fraction of sp³-hybridized carbons (Fsp3) is 0.333. The molecular weight excluding hydrogens is 289 g/mol. The van der Waals surface area contributed by atoms with E-state index in [0.717, 1.165) is 14.2 Å². The molecule has 0 radical (unpaired) electrons. The summed E-state index contributed by atoms with van der Waals surface area (Å²) in [6.07, 6.45) is -4.73. The second-order valence-corrected chi connectivity index (χ2v) is 3.15. The minimum Gasteiger partial charge on any atom is -0.488 e. The molecule has 1 rings (SSSR count). The maximum Gasteiger partial charge on any atom is 0.573 e. The van der Waals surface area contributed by atoms with Gasteiger partial charge in [0.25, 0.3) is 0 Å². The minimum atomic E-state index is -5.12. The molecule has 0 spiro atoms. The number of hydrogen-bond donors (Lipinski definition) is 0.